The smallest absolute Gasteiger partial charge is 0.337 e. The highest BCUT2D eigenvalue weighted by molar-refractivity contribution is 5.93. The molecule has 3 aromatic heterocycles. The van der Waals surface area contributed by atoms with Crippen LogP contribution in [-0.4, -0.2) is 30.8 Å². The van der Waals surface area contributed by atoms with Crippen molar-refractivity contribution in [1.29, 1.82) is 0 Å². The van der Waals surface area contributed by atoms with Crippen molar-refractivity contribution >= 4 is 17.0 Å². The molecule has 0 unspecified atom stereocenters. The van der Waals surface area contributed by atoms with Crippen LogP contribution in [0.2, 0.25) is 0 Å². The minimum atomic E-state index is -0.975. The molecule has 0 aromatic carbocycles. The molecule has 6 heteroatoms. The Balaban J connectivity index is 2.06. The number of carboxylic acids is 1. The number of hydrogen-bond donors (Lipinski definition) is 1. The fraction of sp³-hybridized carbons (Fsp3) is 0.143. The van der Waals surface area contributed by atoms with E-state index in [9.17, 15) is 4.79 Å². The number of aryl methyl sites for hydroxylation is 1. The maximum atomic E-state index is 11.1. The van der Waals surface area contributed by atoms with Gasteiger partial charge in [0.1, 0.15) is 0 Å². The standard InChI is InChI=1S/C14H12N4O2/c1-9-12(14(19)20)5-11-7-16-18(13(11)17-9)8-10-3-2-4-15-6-10/h2-7H,8H2,1H3,(H,19,20). The quantitative estimate of drug-likeness (QED) is 0.784. The normalized spacial score (nSPS) is 10.8. The topological polar surface area (TPSA) is 80.9 Å². The number of aromatic nitrogens is 4. The summed E-state index contributed by atoms with van der Waals surface area (Å²) in [4.78, 5) is 19.5. The molecule has 0 saturated carbocycles. The number of aromatic carboxylic acids is 1. The lowest BCUT2D eigenvalue weighted by Crippen LogP contribution is -2.06. The second-order valence-electron chi connectivity index (χ2n) is 4.50. The lowest BCUT2D eigenvalue weighted by Gasteiger charge is -2.04. The summed E-state index contributed by atoms with van der Waals surface area (Å²) in [5, 5.41) is 14.1. The second kappa shape index (κ2) is 4.73. The number of carboxylic acid groups (broad SMARTS) is 1. The van der Waals surface area contributed by atoms with Crippen LogP contribution < -0.4 is 0 Å². The molecule has 3 aromatic rings. The van der Waals surface area contributed by atoms with Gasteiger partial charge in [-0.05, 0) is 24.6 Å². The molecule has 0 aliphatic rings. The predicted molar refractivity (Wildman–Crippen MR) is 72.6 cm³/mol. The van der Waals surface area contributed by atoms with Gasteiger partial charge < -0.3 is 5.11 Å². The third kappa shape index (κ3) is 2.11. The fourth-order valence-corrected chi connectivity index (χ4v) is 2.09. The molecule has 100 valence electrons. The van der Waals surface area contributed by atoms with Crippen LogP contribution in [0.15, 0.2) is 36.8 Å². The monoisotopic (exact) mass is 268 g/mol. The first-order valence-corrected chi connectivity index (χ1v) is 6.10. The zero-order chi connectivity index (χ0) is 14.1. The summed E-state index contributed by atoms with van der Waals surface area (Å²) in [6.45, 7) is 2.24. The molecule has 0 bridgehead atoms. The van der Waals surface area contributed by atoms with Gasteiger partial charge in [-0.3, -0.25) is 4.98 Å². The van der Waals surface area contributed by atoms with Crippen molar-refractivity contribution in [3.8, 4) is 0 Å². The average Bonchev–Trinajstić information content (AvgIpc) is 2.81. The highest BCUT2D eigenvalue weighted by atomic mass is 16.4. The Hall–Kier alpha value is -2.76. The summed E-state index contributed by atoms with van der Waals surface area (Å²) in [6.07, 6.45) is 5.11. The number of rotatable bonds is 3. The Bertz CT molecular complexity index is 780. The Morgan fingerprint density at radius 2 is 2.25 bits per heavy atom. The van der Waals surface area contributed by atoms with Crippen LogP contribution in [0.3, 0.4) is 0 Å². The van der Waals surface area contributed by atoms with Gasteiger partial charge in [-0.15, -0.1) is 0 Å². The largest absolute Gasteiger partial charge is 0.478 e. The van der Waals surface area contributed by atoms with Crippen LogP contribution in [0, 0.1) is 6.92 Å². The summed E-state index contributed by atoms with van der Waals surface area (Å²) in [7, 11) is 0. The maximum Gasteiger partial charge on any atom is 0.337 e. The average molecular weight is 268 g/mol. The minimum absolute atomic E-state index is 0.207. The van der Waals surface area contributed by atoms with Gasteiger partial charge in [0.15, 0.2) is 5.65 Å². The number of fused-ring (bicyclic) bond motifs is 1. The van der Waals surface area contributed by atoms with Crippen LogP contribution in [0.5, 0.6) is 0 Å². The third-order valence-electron chi connectivity index (χ3n) is 3.09. The molecule has 3 heterocycles. The van der Waals surface area contributed by atoms with Crippen LogP contribution in [0.1, 0.15) is 21.6 Å². The van der Waals surface area contributed by atoms with E-state index in [0.717, 1.165) is 10.9 Å². The molecular formula is C14H12N4O2. The van der Waals surface area contributed by atoms with Gasteiger partial charge in [-0.1, -0.05) is 6.07 Å². The Morgan fingerprint density at radius 3 is 2.95 bits per heavy atom. The van der Waals surface area contributed by atoms with Crippen molar-refractivity contribution < 1.29 is 9.90 Å². The van der Waals surface area contributed by atoms with E-state index in [1.807, 2.05) is 12.1 Å². The zero-order valence-corrected chi connectivity index (χ0v) is 10.8. The molecule has 0 fully saturated rings. The molecule has 3 rings (SSSR count). The highest BCUT2D eigenvalue weighted by Gasteiger charge is 2.13. The number of hydrogen-bond acceptors (Lipinski definition) is 4. The molecule has 0 saturated heterocycles. The number of nitrogens with zero attached hydrogens (tertiary/aromatic N) is 4. The summed E-state index contributed by atoms with van der Waals surface area (Å²) < 4.78 is 1.74. The predicted octanol–water partition coefficient (Wildman–Crippen LogP) is 1.88. The van der Waals surface area contributed by atoms with Gasteiger partial charge in [0, 0.05) is 17.8 Å². The molecule has 0 atom stereocenters. The summed E-state index contributed by atoms with van der Waals surface area (Å²) in [5.41, 5.74) is 2.38. The number of carbonyl (C=O) groups is 1. The zero-order valence-electron chi connectivity index (χ0n) is 10.8. The van der Waals surface area contributed by atoms with Gasteiger partial charge in [0.05, 0.1) is 24.0 Å². The molecule has 0 radical (unpaired) electrons. The van der Waals surface area contributed by atoms with Gasteiger partial charge in [0.25, 0.3) is 0 Å². The van der Waals surface area contributed by atoms with Gasteiger partial charge in [0.2, 0.25) is 0 Å². The molecule has 0 amide bonds. The molecule has 20 heavy (non-hydrogen) atoms. The Labute approximate surface area is 114 Å². The van der Waals surface area contributed by atoms with E-state index >= 15 is 0 Å². The second-order valence-corrected chi connectivity index (χ2v) is 4.50. The van der Waals surface area contributed by atoms with Crippen LogP contribution in [-0.2, 0) is 6.54 Å². The van der Waals surface area contributed by atoms with Crippen molar-refractivity contribution in [2.75, 3.05) is 0 Å². The van der Waals surface area contributed by atoms with Gasteiger partial charge in [-0.25, -0.2) is 14.5 Å². The van der Waals surface area contributed by atoms with Gasteiger partial charge in [-0.2, -0.15) is 5.10 Å². The van der Waals surface area contributed by atoms with E-state index in [2.05, 4.69) is 15.1 Å². The van der Waals surface area contributed by atoms with E-state index in [1.165, 1.54) is 0 Å². The SMILES string of the molecule is Cc1nc2c(cnn2Cc2cccnc2)cc1C(=O)O. The fourth-order valence-electron chi connectivity index (χ4n) is 2.09. The molecule has 0 spiro atoms. The Kier molecular flexibility index (Phi) is 2.90. The molecule has 6 nitrogen and oxygen atoms in total. The van der Waals surface area contributed by atoms with Gasteiger partial charge >= 0.3 is 5.97 Å². The Morgan fingerprint density at radius 1 is 1.40 bits per heavy atom. The van der Waals surface area contributed by atoms with Crippen molar-refractivity contribution in [3.63, 3.8) is 0 Å². The van der Waals surface area contributed by atoms with Crippen molar-refractivity contribution in [2.45, 2.75) is 13.5 Å². The van der Waals surface area contributed by atoms with Crippen molar-refractivity contribution in [1.82, 2.24) is 19.7 Å². The molecule has 1 N–H and O–H groups in total. The van der Waals surface area contributed by atoms with E-state index < -0.39 is 5.97 Å². The van der Waals surface area contributed by atoms with E-state index in [4.69, 9.17) is 5.11 Å². The third-order valence-corrected chi connectivity index (χ3v) is 3.09. The molecule has 0 aliphatic carbocycles. The molecule has 0 aliphatic heterocycles. The van der Waals surface area contributed by atoms with Crippen LogP contribution in [0.25, 0.3) is 11.0 Å². The van der Waals surface area contributed by atoms with Crippen molar-refractivity contribution in [2.24, 2.45) is 0 Å². The first-order valence-electron chi connectivity index (χ1n) is 6.10. The summed E-state index contributed by atoms with van der Waals surface area (Å²) in [5.74, 6) is -0.975. The van der Waals surface area contributed by atoms with E-state index in [-0.39, 0.29) is 5.56 Å². The van der Waals surface area contributed by atoms with Crippen LogP contribution in [0.4, 0.5) is 0 Å². The van der Waals surface area contributed by atoms with E-state index in [1.54, 1.807) is 36.3 Å². The highest BCUT2D eigenvalue weighted by Crippen LogP contribution is 2.17. The summed E-state index contributed by atoms with van der Waals surface area (Å²) >= 11 is 0. The number of pyridine rings is 2. The minimum Gasteiger partial charge on any atom is -0.478 e. The maximum absolute atomic E-state index is 11.1. The first-order chi connectivity index (χ1) is 9.65. The summed E-state index contributed by atoms with van der Waals surface area (Å²) in [6, 6.07) is 5.42. The lowest BCUT2D eigenvalue weighted by atomic mass is 10.2. The van der Waals surface area contributed by atoms with Crippen molar-refractivity contribution in [3.05, 3.63) is 53.6 Å². The molecular weight excluding hydrogens is 256 g/mol. The first kappa shape index (κ1) is 12.3. The van der Waals surface area contributed by atoms with E-state index in [0.29, 0.717) is 17.9 Å². The van der Waals surface area contributed by atoms with Crippen LogP contribution >= 0.6 is 0 Å². The lowest BCUT2D eigenvalue weighted by molar-refractivity contribution is 0.0696.